The van der Waals surface area contributed by atoms with Crippen LogP contribution in [0, 0.1) is 0 Å². The average molecular weight is 417 g/mol. The summed E-state index contributed by atoms with van der Waals surface area (Å²) in [6.45, 7) is 3.65. The summed E-state index contributed by atoms with van der Waals surface area (Å²) in [5.41, 5.74) is 4.43. The van der Waals surface area contributed by atoms with Gasteiger partial charge in [0.15, 0.2) is 0 Å². The second-order valence-corrected chi connectivity index (χ2v) is 6.38. The van der Waals surface area contributed by atoms with Crippen LogP contribution in [0.25, 0.3) is 0 Å². The highest BCUT2D eigenvalue weighted by Crippen LogP contribution is 2.30. The van der Waals surface area contributed by atoms with Gasteiger partial charge in [-0.15, -0.1) is 0 Å². The third-order valence-electron chi connectivity index (χ3n) is 3.06. The molecule has 1 amide bonds. The van der Waals surface area contributed by atoms with Gasteiger partial charge in [-0.05, 0) is 50.2 Å². The first kappa shape index (κ1) is 19.1. The fourth-order valence-electron chi connectivity index (χ4n) is 2.00. The normalized spacial score (nSPS) is 11.3. The molecule has 134 valence electrons. The summed E-state index contributed by atoms with van der Waals surface area (Å²) in [6.07, 6.45) is -4.59. The maximum Gasteiger partial charge on any atom is 0.416 e. The molecule has 0 radical (unpaired) electrons. The van der Waals surface area contributed by atoms with E-state index in [4.69, 9.17) is 4.74 Å². The summed E-state index contributed by atoms with van der Waals surface area (Å²) in [7, 11) is 0. The quantitative estimate of drug-likeness (QED) is 0.673. The molecule has 0 aliphatic heterocycles. The van der Waals surface area contributed by atoms with Crippen molar-refractivity contribution < 1.29 is 22.7 Å². The van der Waals surface area contributed by atoms with Gasteiger partial charge in [-0.3, -0.25) is 15.6 Å². The fourth-order valence-corrected chi connectivity index (χ4v) is 2.34. The first-order valence-electron chi connectivity index (χ1n) is 7.36. The van der Waals surface area contributed by atoms with Crippen molar-refractivity contribution in [3.8, 4) is 5.75 Å². The van der Waals surface area contributed by atoms with E-state index in [9.17, 15) is 18.0 Å². The van der Waals surface area contributed by atoms with Crippen LogP contribution in [0.5, 0.6) is 5.75 Å². The Morgan fingerprint density at radius 3 is 2.52 bits per heavy atom. The lowest BCUT2D eigenvalue weighted by Crippen LogP contribution is -2.30. The van der Waals surface area contributed by atoms with Gasteiger partial charge in [-0.25, -0.2) is 0 Å². The van der Waals surface area contributed by atoms with Crippen molar-refractivity contribution >= 4 is 27.5 Å². The number of rotatable bonds is 5. The zero-order chi connectivity index (χ0) is 18.6. The number of benzene rings is 2. The van der Waals surface area contributed by atoms with Gasteiger partial charge in [-0.2, -0.15) is 13.2 Å². The van der Waals surface area contributed by atoms with Crippen LogP contribution in [0.3, 0.4) is 0 Å². The maximum atomic E-state index is 12.7. The molecule has 2 aromatic rings. The van der Waals surface area contributed by atoms with Crippen LogP contribution in [0.2, 0.25) is 0 Å². The minimum atomic E-state index is -4.45. The van der Waals surface area contributed by atoms with Gasteiger partial charge in [0.05, 0.1) is 22.9 Å². The largest absolute Gasteiger partial charge is 0.490 e. The molecule has 0 aromatic heterocycles. The van der Waals surface area contributed by atoms with E-state index in [1.54, 1.807) is 18.2 Å². The Balaban J connectivity index is 2.13. The Hall–Kier alpha value is -2.22. The first-order valence-corrected chi connectivity index (χ1v) is 8.16. The molecular formula is C17H16BrF3N2O2. The van der Waals surface area contributed by atoms with Crippen LogP contribution in [0.1, 0.15) is 29.8 Å². The van der Waals surface area contributed by atoms with E-state index in [1.807, 2.05) is 13.8 Å². The molecule has 0 unspecified atom stereocenters. The Kier molecular flexibility index (Phi) is 5.94. The van der Waals surface area contributed by atoms with Gasteiger partial charge in [-0.1, -0.05) is 22.0 Å². The highest BCUT2D eigenvalue weighted by atomic mass is 79.9. The molecular weight excluding hydrogens is 401 g/mol. The first-order chi connectivity index (χ1) is 11.7. The molecule has 0 aliphatic carbocycles. The number of carbonyl (C=O) groups excluding carboxylic acids is 1. The number of carbonyl (C=O) groups is 1. The zero-order valence-electron chi connectivity index (χ0n) is 13.4. The summed E-state index contributed by atoms with van der Waals surface area (Å²) in [5, 5.41) is 0. The molecule has 0 heterocycles. The molecule has 0 bridgehead atoms. The molecule has 0 atom stereocenters. The molecule has 0 spiro atoms. The third kappa shape index (κ3) is 5.38. The van der Waals surface area contributed by atoms with Gasteiger partial charge in [0.1, 0.15) is 5.75 Å². The SMILES string of the molecule is CC(C)Oc1cc(Br)ccc1C(=O)NNc1cccc(C(F)(F)F)c1. The van der Waals surface area contributed by atoms with Crippen LogP contribution in [-0.4, -0.2) is 12.0 Å². The second-order valence-electron chi connectivity index (χ2n) is 5.46. The zero-order valence-corrected chi connectivity index (χ0v) is 15.0. The van der Waals surface area contributed by atoms with Crippen molar-refractivity contribution in [1.29, 1.82) is 0 Å². The predicted molar refractivity (Wildman–Crippen MR) is 92.4 cm³/mol. The summed E-state index contributed by atoms with van der Waals surface area (Å²) >= 11 is 3.30. The highest BCUT2D eigenvalue weighted by molar-refractivity contribution is 9.10. The van der Waals surface area contributed by atoms with Crippen molar-refractivity contribution in [3.63, 3.8) is 0 Å². The molecule has 25 heavy (non-hydrogen) atoms. The number of hydrogen-bond acceptors (Lipinski definition) is 3. The van der Waals surface area contributed by atoms with Crippen molar-refractivity contribution in [2.75, 3.05) is 5.43 Å². The molecule has 0 aliphatic rings. The van der Waals surface area contributed by atoms with E-state index in [0.29, 0.717) is 5.75 Å². The van der Waals surface area contributed by atoms with E-state index in [-0.39, 0.29) is 17.4 Å². The van der Waals surface area contributed by atoms with Crippen LogP contribution in [0.4, 0.5) is 18.9 Å². The predicted octanol–water partition coefficient (Wildman–Crippen LogP) is 5.01. The molecule has 0 saturated carbocycles. The number of halogens is 4. The Bertz CT molecular complexity index is 764. The lowest BCUT2D eigenvalue weighted by atomic mass is 10.2. The maximum absolute atomic E-state index is 12.7. The molecule has 0 saturated heterocycles. The molecule has 8 heteroatoms. The number of alkyl halides is 3. The molecule has 4 nitrogen and oxygen atoms in total. The number of anilines is 1. The smallest absolute Gasteiger partial charge is 0.416 e. The highest BCUT2D eigenvalue weighted by Gasteiger charge is 2.30. The average Bonchev–Trinajstić information content (AvgIpc) is 2.51. The van der Waals surface area contributed by atoms with Gasteiger partial charge in [0, 0.05) is 4.47 Å². The van der Waals surface area contributed by atoms with Crippen molar-refractivity contribution in [2.24, 2.45) is 0 Å². The van der Waals surface area contributed by atoms with Gasteiger partial charge < -0.3 is 4.74 Å². The van der Waals surface area contributed by atoms with Crippen molar-refractivity contribution in [2.45, 2.75) is 26.1 Å². The van der Waals surface area contributed by atoms with Crippen LogP contribution in [-0.2, 0) is 6.18 Å². The standard InChI is InChI=1S/C17H16BrF3N2O2/c1-10(2)25-15-9-12(18)6-7-14(15)16(24)23-22-13-5-3-4-11(8-13)17(19,20)21/h3-10,22H,1-2H3,(H,23,24). The summed E-state index contributed by atoms with van der Waals surface area (Å²) < 4.78 is 44.5. The van der Waals surface area contributed by atoms with Gasteiger partial charge in [0.25, 0.3) is 5.91 Å². The van der Waals surface area contributed by atoms with E-state index in [2.05, 4.69) is 26.8 Å². The van der Waals surface area contributed by atoms with Crippen molar-refractivity contribution in [3.05, 3.63) is 58.1 Å². The van der Waals surface area contributed by atoms with Crippen molar-refractivity contribution in [1.82, 2.24) is 5.43 Å². The number of hydrogen-bond donors (Lipinski definition) is 2. The lowest BCUT2D eigenvalue weighted by molar-refractivity contribution is -0.137. The Labute approximate surface area is 151 Å². The van der Waals surface area contributed by atoms with Crippen LogP contribution in [0.15, 0.2) is 46.9 Å². The third-order valence-corrected chi connectivity index (χ3v) is 3.55. The minimum absolute atomic E-state index is 0.117. The van der Waals surface area contributed by atoms with Gasteiger partial charge >= 0.3 is 6.18 Å². The number of ether oxygens (including phenoxy) is 1. The molecule has 2 rings (SSSR count). The monoisotopic (exact) mass is 416 g/mol. The topological polar surface area (TPSA) is 50.4 Å². The van der Waals surface area contributed by atoms with E-state index in [1.165, 1.54) is 12.1 Å². The lowest BCUT2D eigenvalue weighted by Gasteiger charge is -2.15. The van der Waals surface area contributed by atoms with E-state index in [0.717, 1.165) is 16.6 Å². The van der Waals surface area contributed by atoms with Gasteiger partial charge in [0.2, 0.25) is 0 Å². The number of amides is 1. The van der Waals surface area contributed by atoms with Crippen LogP contribution < -0.4 is 15.6 Å². The molecule has 2 aromatic carbocycles. The van der Waals surface area contributed by atoms with E-state index < -0.39 is 17.6 Å². The number of hydrazine groups is 1. The molecule has 2 N–H and O–H groups in total. The Morgan fingerprint density at radius 2 is 1.88 bits per heavy atom. The minimum Gasteiger partial charge on any atom is -0.490 e. The molecule has 0 fully saturated rings. The Morgan fingerprint density at radius 1 is 1.16 bits per heavy atom. The van der Waals surface area contributed by atoms with E-state index >= 15 is 0 Å². The number of nitrogens with one attached hydrogen (secondary N) is 2. The summed E-state index contributed by atoms with van der Waals surface area (Å²) in [5.74, 6) is -0.159. The summed E-state index contributed by atoms with van der Waals surface area (Å²) in [4.78, 5) is 12.3. The fraction of sp³-hybridized carbons (Fsp3) is 0.235. The second kappa shape index (κ2) is 7.77. The summed E-state index contributed by atoms with van der Waals surface area (Å²) in [6, 6.07) is 9.42. The van der Waals surface area contributed by atoms with Crippen LogP contribution >= 0.6 is 15.9 Å².